The number of hydrogen-bond donors (Lipinski definition) is 5. The highest BCUT2D eigenvalue weighted by Gasteiger charge is 2.22. The van der Waals surface area contributed by atoms with Gasteiger partial charge in [0.2, 0.25) is 0 Å². The standard InChI is InChI=1S/C22H27N5O.C4H5NO/c23-21(16-11-13-19(14-12-16)28-18-9-5-2-6-10-18)20-15-24-27-26-22(20)25-17-7-3-1-4-8-17;1-2-3-4(5)6/h2,5-6,9-15,17,21,24,27H,1,3-4,7-8,23H2,(H,25,26);1H3,(H2,5,6). The van der Waals surface area contributed by atoms with E-state index in [1.807, 2.05) is 60.8 Å². The Morgan fingerprint density at radius 1 is 1.06 bits per heavy atom. The number of nitrogens with zero attached hydrogens (tertiary/aromatic N) is 1. The summed E-state index contributed by atoms with van der Waals surface area (Å²) in [5.41, 5.74) is 22.1. The third-order valence-electron chi connectivity index (χ3n) is 5.44. The number of carbonyl (C=O) groups is 1. The van der Waals surface area contributed by atoms with Crippen molar-refractivity contribution in [1.82, 2.24) is 16.4 Å². The fraction of sp³-hybridized carbons (Fsp3) is 0.308. The number of para-hydroxylation sites is 1. The van der Waals surface area contributed by atoms with Crippen molar-refractivity contribution >= 4 is 11.7 Å². The fourth-order valence-corrected chi connectivity index (χ4v) is 3.76. The summed E-state index contributed by atoms with van der Waals surface area (Å²) in [6.07, 6.45) is 7.99. The van der Waals surface area contributed by atoms with E-state index in [-0.39, 0.29) is 6.04 Å². The molecule has 0 radical (unpaired) electrons. The Kier molecular flexibility index (Phi) is 9.52. The molecule has 7 N–H and O–H groups in total. The number of amidine groups is 1. The van der Waals surface area contributed by atoms with E-state index in [0.29, 0.717) is 6.04 Å². The molecule has 1 aliphatic carbocycles. The average molecular weight is 461 g/mol. The number of carbonyl (C=O) groups excluding carboxylic acids is 1. The van der Waals surface area contributed by atoms with Crippen LogP contribution < -0.4 is 32.6 Å². The van der Waals surface area contributed by atoms with E-state index in [1.54, 1.807) is 6.92 Å². The Morgan fingerprint density at radius 2 is 1.74 bits per heavy atom. The maximum atomic E-state index is 9.65. The highest BCUT2D eigenvalue weighted by atomic mass is 16.5. The van der Waals surface area contributed by atoms with Crippen LogP contribution in [0.3, 0.4) is 0 Å². The zero-order valence-corrected chi connectivity index (χ0v) is 19.4. The van der Waals surface area contributed by atoms with Crippen LogP contribution in [0.5, 0.6) is 11.5 Å². The molecule has 178 valence electrons. The maximum Gasteiger partial charge on any atom is 0.293 e. The molecule has 1 unspecified atom stereocenters. The first kappa shape index (κ1) is 24.8. The van der Waals surface area contributed by atoms with Crippen LogP contribution in [0, 0.1) is 11.8 Å². The van der Waals surface area contributed by atoms with Crippen molar-refractivity contribution < 1.29 is 9.53 Å². The number of benzene rings is 2. The Hall–Kier alpha value is -3.80. The van der Waals surface area contributed by atoms with Crippen molar-refractivity contribution in [3.63, 3.8) is 0 Å². The number of primary amides is 1. The second-order valence-corrected chi connectivity index (χ2v) is 7.96. The monoisotopic (exact) mass is 460 g/mol. The van der Waals surface area contributed by atoms with Gasteiger partial charge in [-0.3, -0.25) is 15.2 Å². The zero-order chi connectivity index (χ0) is 24.2. The molecule has 2 aliphatic rings. The van der Waals surface area contributed by atoms with E-state index in [0.717, 1.165) is 41.3 Å². The Bertz CT molecular complexity index is 1050. The minimum Gasteiger partial charge on any atom is -0.457 e. The molecule has 0 bridgehead atoms. The van der Waals surface area contributed by atoms with Crippen LogP contribution >= 0.6 is 0 Å². The predicted octanol–water partition coefficient (Wildman–Crippen LogP) is 3.20. The number of nitrogens with one attached hydrogen (secondary N) is 3. The van der Waals surface area contributed by atoms with Crippen molar-refractivity contribution in [2.75, 3.05) is 0 Å². The van der Waals surface area contributed by atoms with Crippen molar-refractivity contribution in [2.24, 2.45) is 16.5 Å². The number of hydrogen-bond acceptors (Lipinski definition) is 6. The highest BCUT2D eigenvalue weighted by Crippen LogP contribution is 2.27. The lowest BCUT2D eigenvalue weighted by Gasteiger charge is -2.27. The van der Waals surface area contributed by atoms with Gasteiger partial charge in [0, 0.05) is 11.8 Å². The third-order valence-corrected chi connectivity index (χ3v) is 5.44. The largest absolute Gasteiger partial charge is 0.457 e. The van der Waals surface area contributed by atoms with E-state index in [9.17, 15) is 4.79 Å². The topological polar surface area (TPSA) is 127 Å². The molecule has 2 aromatic carbocycles. The molecular weight excluding hydrogens is 428 g/mol. The normalized spacial score (nSPS) is 17.5. The number of aliphatic imine (C=N–C) groups is 1. The van der Waals surface area contributed by atoms with Gasteiger partial charge in [0.25, 0.3) is 5.91 Å². The second kappa shape index (κ2) is 13.0. The minimum atomic E-state index is -0.572. The van der Waals surface area contributed by atoms with Crippen molar-refractivity contribution in [2.45, 2.75) is 51.1 Å². The molecule has 1 heterocycles. The molecule has 34 heavy (non-hydrogen) atoms. The molecule has 1 amide bonds. The molecule has 8 heteroatoms. The first-order valence-electron chi connectivity index (χ1n) is 11.4. The number of hydrazine groups is 2. The van der Waals surface area contributed by atoms with Crippen LogP contribution in [0.2, 0.25) is 0 Å². The lowest BCUT2D eigenvalue weighted by molar-refractivity contribution is -0.112. The van der Waals surface area contributed by atoms with Crippen molar-refractivity contribution in [3.8, 4) is 23.3 Å². The lowest BCUT2D eigenvalue weighted by Crippen LogP contribution is -2.51. The van der Waals surface area contributed by atoms with Gasteiger partial charge in [0.1, 0.15) is 17.3 Å². The molecule has 4 rings (SSSR count). The van der Waals surface area contributed by atoms with Crippen LogP contribution in [0.15, 0.2) is 71.4 Å². The number of ether oxygens (including phenoxy) is 1. The smallest absolute Gasteiger partial charge is 0.293 e. The summed E-state index contributed by atoms with van der Waals surface area (Å²) in [4.78, 5) is 14.6. The summed E-state index contributed by atoms with van der Waals surface area (Å²) < 4.78 is 5.87. The van der Waals surface area contributed by atoms with Gasteiger partial charge in [-0.15, -0.1) is 5.53 Å². The van der Waals surface area contributed by atoms with Crippen LogP contribution in [0.1, 0.15) is 50.6 Å². The molecule has 1 saturated carbocycles. The lowest BCUT2D eigenvalue weighted by atomic mass is 9.95. The molecule has 1 aliphatic heterocycles. The van der Waals surface area contributed by atoms with Crippen molar-refractivity contribution in [1.29, 1.82) is 0 Å². The Labute approximate surface area is 200 Å². The minimum absolute atomic E-state index is 0.282. The van der Waals surface area contributed by atoms with Gasteiger partial charge >= 0.3 is 0 Å². The molecule has 0 saturated heterocycles. The first-order valence-corrected chi connectivity index (χ1v) is 11.4. The van der Waals surface area contributed by atoms with E-state index in [2.05, 4.69) is 34.0 Å². The Morgan fingerprint density at radius 3 is 2.35 bits per heavy atom. The number of nitrogens with two attached hydrogens (primary N) is 2. The molecule has 1 atom stereocenters. The highest BCUT2D eigenvalue weighted by molar-refractivity contribution is 5.99. The maximum absolute atomic E-state index is 9.65. The molecule has 0 aromatic heterocycles. The number of amides is 1. The van der Waals surface area contributed by atoms with E-state index < -0.39 is 5.91 Å². The fourth-order valence-electron chi connectivity index (χ4n) is 3.76. The van der Waals surface area contributed by atoms with Crippen molar-refractivity contribution in [3.05, 3.63) is 71.9 Å². The summed E-state index contributed by atoms with van der Waals surface area (Å²) in [5, 5.41) is 0. The van der Waals surface area contributed by atoms with Gasteiger partial charge in [-0.05, 0) is 55.5 Å². The summed E-state index contributed by atoms with van der Waals surface area (Å²) in [6.45, 7) is 1.56. The predicted molar refractivity (Wildman–Crippen MR) is 134 cm³/mol. The SMILES string of the molecule is CC#CC(N)=O.NC(C1=CNNNC1=NC1CCCCC1)c1ccc(Oc2ccccc2)cc1. The quantitative estimate of drug-likeness (QED) is 0.436. The third kappa shape index (κ3) is 7.66. The van der Waals surface area contributed by atoms with Gasteiger partial charge in [-0.1, -0.05) is 55.5 Å². The van der Waals surface area contributed by atoms with Gasteiger partial charge in [-0.2, -0.15) is 0 Å². The second-order valence-electron chi connectivity index (χ2n) is 7.96. The van der Waals surface area contributed by atoms with Crippen LogP contribution in [-0.4, -0.2) is 17.8 Å². The summed E-state index contributed by atoms with van der Waals surface area (Å²) >= 11 is 0. The number of rotatable bonds is 5. The molecule has 0 spiro atoms. The van der Waals surface area contributed by atoms with Gasteiger partial charge < -0.3 is 21.6 Å². The van der Waals surface area contributed by atoms with E-state index in [1.165, 1.54) is 19.3 Å². The van der Waals surface area contributed by atoms with E-state index in [4.69, 9.17) is 15.5 Å². The summed E-state index contributed by atoms with van der Waals surface area (Å²) in [6, 6.07) is 17.7. The van der Waals surface area contributed by atoms with Gasteiger partial charge in [-0.25, -0.2) is 0 Å². The van der Waals surface area contributed by atoms with E-state index >= 15 is 0 Å². The molecule has 8 nitrogen and oxygen atoms in total. The summed E-state index contributed by atoms with van der Waals surface area (Å²) in [7, 11) is 0. The van der Waals surface area contributed by atoms with Gasteiger partial charge in [0.15, 0.2) is 0 Å². The Balaban J connectivity index is 0.000000481. The van der Waals surface area contributed by atoms with Gasteiger partial charge in [0.05, 0.1) is 12.1 Å². The van der Waals surface area contributed by atoms with Crippen LogP contribution in [-0.2, 0) is 4.79 Å². The van der Waals surface area contributed by atoms with Crippen LogP contribution in [0.4, 0.5) is 0 Å². The van der Waals surface area contributed by atoms with Crippen LogP contribution in [0.25, 0.3) is 0 Å². The zero-order valence-electron chi connectivity index (χ0n) is 19.4. The molecule has 2 aromatic rings. The first-order chi connectivity index (χ1) is 16.6. The molecule has 1 fully saturated rings. The molecular formula is C26H32N6O2. The average Bonchev–Trinajstić information content (AvgIpc) is 2.86. The summed E-state index contributed by atoms with van der Waals surface area (Å²) in [5.74, 6) is 6.29.